The lowest BCUT2D eigenvalue weighted by atomic mass is 9.79. The first-order chi connectivity index (χ1) is 7.38. The molecule has 0 radical (unpaired) electrons. The Hall–Kier alpha value is -0.690. The predicted octanol–water partition coefficient (Wildman–Crippen LogP) is -1.88. The van der Waals surface area contributed by atoms with Crippen molar-refractivity contribution in [1.29, 1.82) is 0 Å². The summed E-state index contributed by atoms with van der Waals surface area (Å²) in [6.45, 7) is 1.66. The van der Waals surface area contributed by atoms with Gasteiger partial charge in [0.2, 0.25) is 5.91 Å². The normalized spacial score (nSPS) is 39.4. The molecule has 0 spiro atoms. The van der Waals surface area contributed by atoms with Crippen molar-refractivity contribution in [2.45, 2.75) is 50.1 Å². The Labute approximate surface area is 93.9 Å². The highest BCUT2D eigenvalue weighted by molar-refractivity contribution is 5.75. The molecule has 1 saturated carbocycles. The third-order valence-electron chi connectivity index (χ3n) is 2.90. The van der Waals surface area contributed by atoms with Crippen LogP contribution in [-0.4, -0.2) is 56.8 Å². The number of carbonyl (C=O) groups is 1. The molecule has 0 heterocycles. The van der Waals surface area contributed by atoms with Gasteiger partial charge in [0.1, 0.15) is 6.10 Å². The molecule has 0 aromatic rings. The maximum atomic E-state index is 11.0. The number of hydrogen-bond acceptors (Lipinski definition) is 5. The first kappa shape index (κ1) is 13.4. The molecule has 1 aliphatic rings. The van der Waals surface area contributed by atoms with Crippen LogP contribution in [-0.2, 0) is 4.79 Å². The topological polar surface area (TPSA) is 110 Å². The van der Waals surface area contributed by atoms with E-state index in [0.29, 0.717) is 6.42 Å². The zero-order chi connectivity index (χ0) is 12.3. The second kappa shape index (κ2) is 5.09. The van der Waals surface area contributed by atoms with E-state index in [9.17, 15) is 25.2 Å². The summed E-state index contributed by atoms with van der Waals surface area (Å²) < 4.78 is 0. The third kappa shape index (κ3) is 3.15. The van der Waals surface area contributed by atoms with Crippen LogP contribution in [0, 0.1) is 0 Å². The first-order valence-corrected chi connectivity index (χ1v) is 5.41. The van der Waals surface area contributed by atoms with Crippen LogP contribution in [0.4, 0.5) is 0 Å². The van der Waals surface area contributed by atoms with Gasteiger partial charge in [-0.3, -0.25) is 4.79 Å². The number of amides is 1. The van der Waals surface area contributed by atoms with Crippen molar-refractivity contribution < 1.29 is 25.2 Å². The van der Waals surface area contributed by atoms with Crippen molar-refractivity contribution in [2.24, 2.45) is 0 Å². The largest absolute Gasteiger partial charge is 0.390 e. The molecule has 6 heteroatoms. The Morgan fingerprint density at radius 3 is 2.25 bits per heavy atom. The zero-order valence-electron chi connectivity index (χ0n) is 9.26. The van der Waals surface area contributed by atoms with Gasteiger partial charge in [0.25, 0.3) is 0 Å². The van der Waals surface area contributed by atoms with E-state index in [4.69, 9.17) is 0 Å². The highest BCUT2D eigenvalue weighted by Crippen LogP contribution is 2.28. The van der Waals surface area contributed by atoms with Gasteiger partial charge in [-0.25, -0.2) is 0 Å². The number of rotatable bonds is 3. The third-order valence-corrected chi connectivity index (χ3v) is 2.90. The number of carbonyl (C=O) groups excluding carboxylic acids is 1. The Morgan fingerprint density at radius 2 is 1.81 bits per heavy atom. The molecule has 1 fully saturated rings. The monoisotopic (exact) mass is 233 g/mol. The SMILES string of the molecule is CCC(=O)NCC1(O)C[C@@H](O)C(O)[C@H](O)C1. The van der Waals surface area contributed by atoms with E-state index < -0.39 is 23.9 Å². The van der Waals surface area contributed by atoms with Crippen molar-refractivity contribution in [3.8, 4) is 0 Å². The van der Waals surface area contributed by atoms with Gasteiger partial charge in [-0.15, -0.1) is 0 Å². The van der Waals surface area contributed by atoms with Gasteiger partial charge in [-0.1, -0.05) is 6.92 Å². The number of nitrogens with one attached hydrogen (secondary N) is 1. The molecule has 1 aliphatic carbocycles. The minimum Gasteiger partial charge on any atom is -0.390 e. The Kier molecular flexibility index (Phi) is 4.26. The van der Waals surface area contributed by atoms with Crippen LogP contribution in [0.15, 0.2) is 0 Å². The number of aliphatic hydroxyl groups excluding tert-OH is 3. The molecule has 0 unspecified atom stereocenters. The maximum Gasteiger partial charge on any atom is 0.219 e. The maximum absolute atomic E-state index is 11.0. The minimum atomic E-state index is -1.36. The quantitative estimate of drug-likeness (QED) is 0.392. The van der Waals surface area contributed by atoms with E-state index in [0.717, 1.165) is 0 Å². The lowest BCUT2D eigenvalue weighted by Gasteiger charge is -2.40. The average molecular weight is 233 g/mol. The molecular formula is C10H19NO5. The van der Waals surface area contributed by atoms with Crippen molar-refractivity contribution in [1.82, 2.24) is 5.32 Å². The van der Waals surface area contributed by atoms with Crippen LogP contribution < -0.4 is 5.32 Å². The lowest BCUT2D eigenvalue weighted by Crippen LogP contribution is -2.56. The highest BCUT2D eigenvalue weighted by Gasteiger charge is 2.43. The summed E-state index contributed by atoms with van der Waals surface area (Å²) in [5.74, 6) is -0.205. The zero-order valence-corrected chi connectivity index (χ0v) is 9.26. The molecule has 1 amide bonds. The fourth-order valence-corrected chi connectivity index (χ4v) is 1.89. The number of hydrogen-bond donors (Lipinski definition) is 5. The highest BCUT2D eigenvalue weighted by atomic mass is 16.4. The van der Waals surface area contributed by atoms with Crippen molar-refractivity contribution in [2.75, 3.05) is 6.54 Å². The van der Waals surface area contributed by atoms with Crippen molar-refractivity contribution in [3.63, 3.8) is 0 Å². The van der Waals surface area contributed by atoms with E-state index in [-0.39, 0.29) is 25.3 Å². The van der Waals surface area contributed by atoms with Gasteiger partial charge >= 0.3 is 0 Å². The Morgan fingerprint density at radius 1 is 1.31 bits per heavy atom. The van der Waals surface area contributed by atoms with Gasteiger partial charge < -0.3 is 25.7 Å². The van der Waals surface area contributed by atoms with Gasteiger partial charge in [0.05, 0.1) is 17.8 Å². The van der Waals surface area contributed by atoms with Gasteiger partial charge in [0, 0.05) is 25.8 Å². The molecule has 1 rings (SSSR count). The van der Waals surface area contributed by atoms with E-state index >= 15 is 0 Å². The van der Waals surface area contributed by atoms with Crippen LogP contribution in [0.2, 0.25) is 0 Å². The summed E-state index contributed by atoms with van der Waals surface area (Å²) in [6.07, 6.45) is -3.39. The van der Waals surface area contributed by atoms with Gasteiger partial charge in [0.15, 0.2) is 0 Å². The average Bonchev–Trinajstić information content (AvgIpc) is 2.22. The van der Waals surface area contributed by atoms with Crippen LogP contribution in [0.3, 0.4) is 0 Å². The van der Waals surface area contributed by atoms with E-state index in [2.05, 4.69) is 5.32 Å². The van der Waals surface area contributed by atoms with E-state index in [1.54, 1.807) is 6.92 Å². The molecule has 0 aromatic carbocycles. The first-order valence-electron chi connectivity index (χ1n) is 5.41. The fraction of sp³-hybridized carbons (Fsp3) is 0.900. The van der Waals surface area contributed by atoms with Gasteiger partial charge in [-0.2, -0.15) is 0 Å². The van der Waals surface area contributed by atoms with Crippen molar-refractivity contribution in [3.05, 3.63) is 0 Å². The molecule has 2 atom stereocenters. The molecule has 16 heavy (non-hydrogen) atoms. The smallest absolute Gasteiger partial charge is 0.219 e. The van der Waals surface area contributed by atoms with E-state index in [1.165, 1.54) is 0 Å². The van der Waals surface area contributed by atoms with Gasteiger partial charge in [-0.05, 0) is 0 Å². The van der Waals surface area contributed by atoms with Crippen LogP contribution in [0.25, 0.3) is 0 Å². The van der Waals surface area contributed by atoms with E-state index in [1.807, 2.05) is 0 Å². The Bertz CT molecular complexity index is 246. The number of aliphatic hydroxyl groups is 4. The summed E-state index contributed by atoms with van der Waals surface area (Å²) in [5, 5.41) is 40.7. The molecule has 94 valence electrons. The molecular weight excluding hydrogens is 214 g/mol. The predicted molar refractivity (Wildman–Crippen MR) is 55.5 cm³/mol. The standard InChI is InChI=1S/C10H19NO5/c1-2-8(14)11-5-10(16)3-6(12)9(15)7(13)4-10/h6-7,9,12-13,15-16H,2-5H2,1H3,(H,11,14)/t6-,7-,9?,10?/m1/s1. The minimum absolute atomic E-state index is 0.0273. The molecule has 0 saturated heterocycles. The summed E-state index contributed by atoms with van der Waals surface area (Å²) in [5.41, 5.74) is -1.36. The van der Waals surface area contributed by atoms with Crippen molar-refractivity contribution >= 4 is 5.91 Å². The Balaban J connectivity index is 2.54. The second-order valence-electron chi connectivity index (χ2n) is 4.39. The van der Waals surface area contributed by atoms with Crippen LogP contribution >= 0.6 is 0 Å². The van der Waals surface area contributed by atoms with Crippen LogP contribution in [0.1, 0.15) is 26.2 Å². The summed E-state index contributed by atoms with van der Waals surface area (Å²) in [6, 6.07) is 0. The molecule has 0 aromatic heterocycles. The van der Waals surface area contributed by atoms with Crippen LogP contribution in [0.5, 0.6) is 0 Å². The molecule has 0 bridgehead atoms. The molecule has 6 nitrogen and oxygen atoms in total. The fourth-order valence-electron chi connectivity index (χ4n) is 1.89. The summed E-state index contributed by atoms with van der Waals surface area (Å²) in [4.78, 5) is 11.0. The summed E-state index contributed by atoms with van der Waals surface area (Å²) in [7, 11) is 0. The molecule has 0 aliphatic heterocycles. The lowest BCUT2D eigenvalue weighted by molar-refractivity contribution is -0.154. The second-order valence-corrected chi connectivity index (χ2v) is 4.39. The molecule has 5 N–H and O–H groups in total. The summed E-state index contributed by atoms with van der Waals surface area (Å²) >= 11 is 0.